The molecule has 2 heteroatoms. The molecule has 1 fully saturated rings. The highest BCUT2D eigenvalue weighted by Crippen LogP contribution is 2.29. The summed E-state index contributed by atoms with van der Waals surface area (Å²) in [4.78, 5) is 2.59. The SMILES string of the molecule is CC(C)CN(CCCN)CC1CC1. The molecule has 0 aromatic heterocycles. The summed E-state index contributed by atoms with van der Waals surface area (Å²) in [6.07, 6.45) is 4.06. The zero-order valence-corrected chi connectivity index (χ0v) is 9.13. The Morgan fingerprint density at radius 2 is 2.08 bits per heavy atom. The second-order valence-electron chi connectivity index (χ2n) is 4.74. The molecular weight excluding hydrogens is 160 g/mol. The molecule has 1 aliphatic carbocycles. The third-order valence-electron chi connectivity index (χ3n) is 2.52. The van der Waals surface area contributed by atoms with E-state index in [0.717, 1.165) is 24.8 Å². The Labute approximate surface area is 82.5 Å². The average molecular weight is 184 g/mol. The van der Waals surface area contributed by atoms with Crippen molar-refractivity contribution in [2.24, 2.45) is 17.6 Å². The van der Waals surface area contributed by atoms with E-state index in [4.69, 9.17) is 5.73 Å². The van der Waals surface area contributed by atoms with E-state index < -0.39 is 0 Å². The maximum atomic E-state index is 5.53. The summed E-state index contributed by atoms with van der Waals surface area (Å²) in [5, 5.41) is 0. The smallest absolute Gasteiger partial charge is 0.000978 e. The Balaban J connectivity index is 2.15. The zero-order chi connectivity index (χ0) is 9.68. The van der Waals surface area contributed by atoms with Crippen LogP contribution in [0.1, 0.15) is 33.1 Å². The van der Waals surface area contributed by atoms with Crippen molar-refractivity contribution < 1.29 is 0 Å². The van der Waals surface area contributed by atoms with Gasteiger partial charge in [0.2, 0.25) is 0 Å². The Morgan fingerprint density at radius 1 is 1.38 bits per heavy atom. The minimum Gasteiger partial charge on any atom is -0.330 e. The summed E-state index contributed by atoms with van der Waals surface area (Å²) in [5.74, 6) is 1.80. The molecule has 0 aromatic rings. The van der Waals surface area contributed by atoms with Crippen LogP contribution in [0.15, 0.2) is 0 Å². The van der Waals surface area contributed by atoms with Gasteiger partial charge in [0.25, 0.3) is 0 Å². The lowest BCUT2D eigenvalue weighted by molar-refractivity contribution is 0.233. The van der Waals surface area contributed by atoms with Gasteiger partial charge in [-0.25, -0.2) is 0 Å². The first-order chi connectivity index (χ1) is 6.22. The highest BCUT2D eigenvalue weighted by atomic mass is 15.1. The number of hydrogen-bond donors (Lipinski definition) is 1. The summed E-state index contributed by atoms with van der Waals surface area (Å²) >= 11 is 0. The molecule has 0 radical (unpaired) electrons. The molecule has 2 N–H and O–H groups in total. The van der Waals surface area contributed by atoms with Gasteiger partial charge in [-0.05, 0) is 44.2 Å². The van der Waals surface area contributed by atoms with Crippen molar-refractivity contribution in [3.63, 3.8) is 0 Å². The van der Waals surface area contributed by atoms with Gasteiger partial charge in [-0.2, -0.15) is 0 Å². The number of nitrogens with two attached hydrogens (primary N) is 1. The largest absolute Gasteiger partial charge is 0.330 e. The molecule has 1 saturated carbocycles. The third-order valence-corrected chi connectivity index (χ3v) is 2.52. The lowest BCUT2D eigenvalue weighted by Crippen LogP contribution is -2.31. The fourth-order valence-corrected chi connectivity index (χ4v) is 1.75. The van der Waals surface area contributed by atoms with Gasteiger partial charge in [-0.3, -0.25) is 0 Å². The second-order valence-corrected chi connectivity index (χ2v) is 4.74. The topological polar surface area (TPSA) is 29.3 Å². The molecule has 13 heavy (non-hydrogen) atoms. The number of rotatable bonds is 7. The van der Waals surface area contributed by atoms with E-state index in [0.29, 0.717) is 0 Å². The standard InChI is InChI=1S/C11H24N2/c1-10(2)8-13(7-3-6-12)9-11-4-5-11/h10-11H,3-9,12H2,1-2H3. The zero-order valence-electron chi connectivity index (χ0n) is 9.13. The maximum absolute atomic E-state index is 5.53. The first kappa shape index (κ1) is 11.0. The van der Waals surface area contributed by atoms with E-state index in [-0.39, 0.29) is 0 Å². The average Bonchev–Trinajstić information content (AvgIpc) is 2.83. The lowest BCUT2D eigenvalue weighted by atomic mass is 10.2. The first-order valence-electron chi connectivity index (χ1n) is 5.64. The fourth-order valence-electron chi connectivity index (χ4n) is 1.75. The molecule has 0 bridgehead atoms. The van der Waals surface area contributed by atoms with Crippen LogP contribution >= 0.6 is 0 Å². The molecule has 0 spiro atoms. The van der Waals surface area contributed by atoms with Crippen molar-refractivity contribution in [3.8, 4) is 0 Å². The Kier molecular flexibility index (Phi) is 4.74. The van der Waals surface area contributed by atoms with Gasteiger partial charge in [0.15, 0.2) is 0 Å². The van der Waals surface area contributed by atoms with E-state index in [2.05, 4.69) is 18.7 Å². The van der Waals surface area contributed by atoms with Crippen LogP contribution in [0.2, 0.25) is 0 Å². The normalized spacial score (nSPS) is 17.3. The second kappa shape index (κ2) is 5.61. The summed E-state index contributed by atoms with van der Waals surface area (Å²) in [6, 6.07) is 0. The number of nitrogens with zero attached hydrogens (tertiary/aromatic N) is 1. The van der Waals surface area contributed by atoms with Gasteiger partial charge in [0, 0.05) is 13.1 Å². The molecule has 0 heterocycles. The quantitative estimate of drug-likeness (QED) is 0.652. The van der Waals surface area contributed by atoms with Crippen LogP contribution in [0.5, 0.6) is 0 Å². The van der Waals surface area contributed by atoms with E-state index >= 15 is 0 Å². The Bertz CT molecular complexity index is 126. The van der Waals surface area contributed by atoms with E-state index in [1.54, 1.807) is 0 Å². The van der Waals surface area contributed by atoms with Crippen molar-refractivity contribution in [1.29, 1.82) is 0 Å². The van der Waals surface area contributed by atoms with Crippen molar-refractivity contribution in [2.75, 3.05) is 26.2 Å². The highest BCUT2D eigenvalue weighted by molar-refractivity contribution is 4.77. The van der Waals surface area contributed by atoms with Gasteiger partial charge in [-0.15, -0.1) is 0 Å². The molecule has 0 aliphatic heterocycles. The summed E-state index contributed by atoms with van der Waals surface area (Å²) in [7, 11) is 0. The van der Waals surface area contributed by atoms with Gasteiger partial charge in [0.1, 0.15) is 0 Å². The Hall–Kier alpha value is -0.0800. The molecular formula is C11H24N2. The molecule has 0 aromatic carbocycles. The summed E-state index contributed by atoms with van der Waals surface area (Å²) in [6.45, 7) is 9.18. The van der Waals surface area contributed by atoms with Crippen molar-refractivity contribution in [2.45, 2.75) is 33.1 Å². The van der Waals surface area contributed by atoms with Gasteiger partial charge in [-0.1, -0.05) is 13.8 Å². The van der Waals surface area contributed by atoms with Crippen LogP contribution in [0.3, 0.4) is 0 Å². The van der Waals surface area contributed by atoms with Gasteiger partial charge in [0.05, 0.1) is 0 Å². The van der Waals surface area contributed by atoms with E-state index in [9.17, 15) is 0 Å². The monoisotopic (exact) mass is 184 g/mol. The van der Waals surface area contributed by atoms with Crippen LogP contribution in [0.4, 0.5) is 0 Å². The molecule has 1 rings (SSSR count). The van der Waals surface area contributed by atoms with Crippen molar-refractivity contribution in [1.82, 2.24) is 4.90 Å². The highest BCUT2D eigenvalue weighted by Gasteiger charge is 2.24. The van der Waals surface area contributed by atoms with Gasteiger partial charge >= 0.3 is 0 Å². The molecule has 2 nitrogen and oxygen atoms in total. The predicted molar refractivity (Wildman–Crippen MR) is 57.7 cm³/mol. The molecule has 78 valence electrons. The molecule has 0 amide bonds. The maximum Gasteiger partial charge on any atom is 0.000978 e. The minimum absolute atomic E-state index is 0.788. The van der Waals surface area contributed by atoms with Crippen molar-refractivity contribution in [3.05, 3.63) is 0 Å². The van der Waals surface area contributed by atoms with E-state index in [1.807, 2.05) is 0 Å². The molecule has 0 saturated heterocycles. The van der Waals surface area contributed by atoms with Crippen LogP contribution in [-0.2, 0) is 0 Å². The molecule has 1 aliphatic rings. The Morgan fingerprint density at radius 3 is 2.54 bits per heavy atom. The fraction of sp³-hybridized carbons (Fsp3) is 1.00. The van der Waals surface area contributed by atoms with Gasteiger partial charge < -0.3 is 10.6 Å². The minimum atomic E-state index is 0.788. The number of hydrogen-bond acceptors (Lipinski definition) is 2. The molecule has 0 atom stereocenters. The predicted octanol–water partition coefficient (Wildman–Crippen LogP) is 1.70. The lowest BCUT2D eigenvalue weighted by Gasteiger charge is -2.23. The van der Waals surface area contributed by atoms with Crippen LogP contribution in [-0.4, -0.2) is 31.1 Å². The van der Waals surface area contributed by atoms with Crippen LogP contribution in [0, 0.1) is 11.8 Å². The molecule has 0 unspecified atom stereocenters. The summed E-state index contributed by atoms with van der Waals surface area (Å²) in [5.41, 5.74) is 5.53. The third kappa shape index (κ3) is 5.27. The van der Waals surface area contributed by atoms with Crippen LogP contribution < -0.4 is 5.73 Å². The first-order valence-corrected chi connectivity index (χ1v) is 5.64. The van der Waals surface area contributed by atoms with Crippen molar-refractivity contribution >= 4 is 0 Å². The van der Waals surface area contributed by atoms with Crippen LogP contribution in [0.25, 0.3) is 0 Å². The van der Waals surface area contributed by atoms with E-state index in [1.165, 1.54) is 32.5 Å². The summed E-state index contributed by atoms with van der Waals surface area (Å²) < 4.78 is 0.